The van der Waals surface area contributed by atoms with Gasteiger partial charge in [0.25, 0.3) is 0 Å². The molecule has 0 aromatic heterocycles. The largest absolute Gasteiger partial charge is 0.342 e. The molecule has 3 aliphatic rings. The molecule has 3 rings (SSSR count). The van der Waals surface area contributed by atoms with Gasteiger partial charge < -0.3 is 9.80 Å². The highest BCUT2D eigenvalue weighted by Crippen LogP contribution is 2.50. The van der Waals surface area contributed by atoms with Gasteiger partial charge in [0, 0.05) is 25.7 Å². The van der Waals surface area contributed by atoms with Gasteiger partial charge in [-0.1, -0.05) is 13.8 Å². The molecule has 0 N–H and O–H groups in total. The topological polar surface area (TPSA) is 40.6 Å². The van der Waals surface area contributed by atoms with Gasteiger partial charge in [0.1, 0.15) is 5.41 Å². The lowest BCUT2D eigenvalue weighted by Crippen LogP contribution is -2.52. The summed E-state index contributed by atoms with van der Waals surface area (Å²) in [4.78, 5) is 30.1. The maximum atomic E-state index is 13.1. The first-order valence-electron chi connectivity index (χ1n) is 9.19. The zero-order chi connectivity index (χ0) is 15.7. The van der Waals surface area contributed by atoms with Crippen molar-refractivity contribution in [3.63, 3.8) is 0 Å². The van der Waals surface area contributed by atoms with Gasteiger partial charge in [0.15, 0.2) is 0 Å². The molecule has 4 nitrogen and oxygen atoms in total. The van der Waals surface area contributed by atoms with Crippen molar-refractivity contribution in [1.82, 2.24) is 9.80 Å². The average Bonchev–Trinajstić information content (AvgIpc) is 3.35. The quantitative estimate of drug-likeness (QED) is 0.752. The van der Waals surface area contributed by atoms with Gasteiger partial charge >= 0.3 is 0 Å². The first kappa shape index (κ1) is 15.8. The van der Waals surface area contributed by atoms with E-state index in [0.717, 1.165) is 58.2 Å². The Hall–Kier alpha value is -1.06. The summed E-state index contributed by atoms with van der Waals surface area (Å²) in [6.07, 6.45) is 8.24. The van der Waals surface area contributed by atoms with E-state index < -0.39 is 5.41 Å². The Kier molecular flexibility index (Phi) is 4.47. The van der Waals surface area contributed by atoms with Crippen LogP contribution in [0.15, 0.2) is 0 Å². The van der Waals surface area contributed by atoms with E-state index in [4.69, 9.17) is 0 Å². The monoisotopic (exact) mass is 306 g/mol. The first-order chi connectivity index (χ1) is 10.6. The van der Waals surface area contributed by atoms with Crippen molar-refractivity contribution in [1.29, 1.82) is 0 Å². The third-order valence-electron chi connectivity index (χ3n) is 5.87. The smallest absolute Gasteiger partial charge is 0.238 e. The Balaban J connectivity index is 1.72. The molecular formula is C18H30N2O2. The Morgan fingerprint density at radius 1 is 1.05 bits per heavy atom. The van der Waals surface area contributed by atoms with Crippen molar-refractivity contribution in [3.05, 3.63) is 0 Å². The van der Waals surface area contributed by atoms with Gasteiger partial charge in [-0.25, -0.2) is 0 Å². The maximum Gasteiger partial charge on any atom is 0.238 e. The van der Waals surface area contributed by atoms with Crippen molar-refractivity contribution in [2.24, 2.45) is 11.3 Å². The van der Waals surface area contributed by atoms with Gasteiger partial charge in [-0.3, -0.25) is 9.59 Å². The van der Waals surface area contributed by atoms with Crippen LogP contribution in [-0.2, 0) is 9.59 Å². The number of piperidine rings is 2. The summed E-state index contributed by atoms with van der Waals surface area (Å²) >= 11 is 0. The average molecular weight is 306 g/mol. The van der Waals surface area contributed by atoms with Crippen molar-refractivity contribution in [2.45, 2.75) is 71.3 Å². The fourth-order valence-electron chi connectivity index (χ4n) is 4.29. The zero-order valence-electron chi connectivity index (χ0n) is 14.1. The van der Waals surface area contributed by atoms with E-state index in [1.165, 1.54) is 12.8 Å². The van der Waals surface area contributed by atoms with Crippen molar-refractivity contribution in [3.8, 4) is 0 Å². The van der Waals surface area contributed by atoms with Crippen LogP contribution in [0.2, 0.25) is 0 Å². The molecule has 0 radical (unpaired) electrons. The molecule has 0 bridgehead atoms. The fourth-order valence-corrected chi connectivity index (χ4v) is 4.29. The number of hydrogen-bond donors (Lipinski definition) is 0. The second-order valence-electron chi connectivity index (χ2n) is 7.64. The third kappa shape index (κ3) is 2.77. The standard InChI is InChI=1S/C18H30N2O2/c1-3-15-8-4-5-12-20(15)17(22)18(9-10-18)16(21)19-11-6-7-14(2)13-19/h14-15H,3-13H2,1-2H3. The summed E-state index contributed by atoms with van der Waals surface area (Å²) in [6, 6.07) is 0.354. The maximum absolute atomic E-state index is 13.1. The first-order valence-corrected chi connectivity index (χ1v) is 9.19. The SMILES string of the molecule is CCC1CCCCN1C(=O)C1(C(=O)N2CCCC(C)C2)CC1. The second kappa shape index (κ2) is 6.21. The number of carbonyl (C=O) groups is 2. The normalized spacial score (nSPS) is 31.0. The molecule has 124 valence electrons. The van der Waals surface area contributed by atoms with Crippen LogP contribution in [-0.4, -0.2) is 47.3 Å². The van der Waals surface area contributed by atoms with Crippen molar-refractivity contribution < 1.29 is 9.59 Å². The summed E-state index contributed by atoms with van der Waals surface area (Å²) in [5, 5.41) is 0. The molecular weight excluding hydrogens is 276 g/mol. The van der Waals surface area contributed by atoms with Crippen LogP contribution in [0.1, 0.15) is 65.2 Å². The summed E-state index contributed by atoms with van der Waals surface area (Å²) in [5.74, 6) is 0.841. The van der Waals surface area contributed by atoms with E-state index in [1.807, 2.05) is 9.80 Å². The lowest BCUT2D eigenvalue weighted by Gasteiger charge is -2.39. The Bertz CT molecular complexity index is 444. The fraction of sp³-hybridized carbons (Fsp3) is 0.889. The Morgan fingerprint density at radius 2 is 1.82 bits per heavy atom. The highest BCUT2D eigenvalue weighted by molar-refractivity contribution is 6.08. The molecule has 0 aromatic rings. The molecule has 2 atom stereocenters. The molecule has 2 amide bonds. The predicted octanol–water partition coefficient (Wildman–Crippen LogP) is 2.82. The lowest BCUT2D eigenvalue weighted by molar-refractivity contribution is -0.152. The van der Waals surface area contributed by atoms with Crippen LogP contribution in [0, 0.1) is 11.3 Å². The van der Waals surface area contributed by atoms with Gasteiger partial charge in [0.05, 0.1) is 0 Å². The van der Waals surface area contributed by atoms with Crippen LogP contribution in [0.3, 0.4) is 0 Å². The second-order valence-corrected chi connectivity index (χ2v) is 7.64. The number of carbonyl (C=O) groups excluding carboxylic acids is 2. The minimum atomic E-state index is -0.679. The molecule has 2 aliphatic heterocycles. The zero-order valence-corrected chi connectivity index (χ0v) is 14.1. The number of likely N-dealkylation sites (tertiary alicyclic amines) is 2. The third-order valence-corrected chi connectivity index (χ3v) is 5.87. The van der Waals surface area contributed by atoms with Crippen LogP contribution in [0.4, 0.5) is 0 Å². The van der Waals surface area contributed by atoms with Gasteiger partial charge in [0.2, 0.25) is 11.8 Å². The number of nitrogens with zero attached hydrogens (tertiary/aromatic N) is 2. The van der Waals surface area contributed by atoms with E-state index >= 15 is 0 Å². The summed E-state index contributed by atoms with van der Waals surface area (Å²) in [6.45, 7) is 6.89. The van der Waals surface area contributed by atoms with Gasteiger partial charge in [-0.05, 0) is 57.3 Å². The van der Waals surface area contributed by atoms with E-state index in [1.54, 1.807) is 0 Å². The van der Waals surface area contributed by atoms with E-state index in [0.29, 0.717) is 12.0 Å². The summed E-state index contributed by atoms with van der Waals surface area (Å²) in [7, 11) is 0. The molecule has 22 heavy (non-hydrogen) atoms. The summed E-state index contributed by atoms with van der Waals surface area (Å²) in [5.41, 5.74) is -0.679. The van der Waals surface area contributed by atoms with E-state index in [-0.39, 0.29) is 11.8 Å². The number of rotatable bonds is 3. The predicted molar refractivity (Wildman–Crippen MR) is 86.3 cm³/mol. The van der Waals surface area contributed by atoms with E-state index in [2.05, 4.69) is 13.8 Å². The lowest BCUT2D eigenvalue weighted by atomic mass is 9.93. The molecule has 4 heteroatoms. The molecule has 0 aromatic carbocycles. The molecule has 3 fully saturated rings. The molecule has 1 aliphatic carbocycles. The number of hydrogen-bond acceptors (Lipinski definition) is 2. The van der Waals surface area contributed by atoms with E-state index in [9.17, 15) is 9.59 Å². The molecule has 1 saturated carbocycles. The van der Waals surface area contributed by atoms with Crippen LogP contribution >= 0.6 is 0 Å². The molecule has 0 spiro atoms. The minimum Gasteiger partial charge on any atom is -0.342 e. The number of amides is 2. The van der Waals surface area contributed by atoms with Crippen LogP contribution in [0.5, 0.6) is 0 Å². The highest BCUT2D eigenvalue weighted by atomic mass is 16.2. The highest BCUT2D eigenvalue weighted by Gasteiger charge is 2.60. The minimum absolute atomic E-state index is 0.129. The van der Waals surface area contributed by atoms with Crippen LogP contribution < -0.4 is 0 Å². The summed E-state index contributed by atoms with van der Waals surface area (Å²) < 4.78 is 0. The molecule has 2 unspecified atom stereocenters. The van der Waals surface area contributed by atoms with Crippen molar-refractivity contribution in [2.75, 3.05) is 19.6 Å². The Labute approximate surface area is 134 Å². The van der Waals surface area contributed by atoms with Crippen LogP contribution in [0.25, 0.3) is 0 Å². The molecule has 2 heterocycles. The molecule has 2 saturated heterocycles. The van der Waals surface area contributed by atoms with Crippen molar-refractivity contribution >= 4 is 11.8 Å². The van der Waals surface area contributed by atoms with Gasteiger partial charge in [-0.2, -0.15) is 0 Å². The Morgan fingerprint density at radius 3 is 2.45 bits per heavy atom. The van der Waals surface area contributed by atoms with Gasteiger partial charge in [-0.15, -0.1) is 0 Å².